The van der Waals surface area contributed by atoms with Crippen molar-refractivity contribution in [3.63, 3.8) is 0 Å². The number of ether oxygens (including phenoxy) is 4. The Bertz CT molecular complexity index is 2060. The molecule has 2 atom stereocenters. The fourth-order valence-corrected chi connectivity index (χ4v) is 11.3. The molecule has 0 saturated heterocycles. The zero-order chi connectivity index (χ0) is 71.9. The lowest BCUT2D eigenvalue weighted by molar-refractivity contribution is -0.150. The molecule has 0 aliphatic rings. The highest BCUT2D eigenvalue weighted by molar-refractivity contribution is 5.70. The van der Waals surface area contributed by atoms with Gasteiger partial charge in [-0.2, -0.15) is 0 Å². The molecule has 10 heteroatoms. The number of unbranched alkanes of at least 4 members (excludes halogenated alkanes) is 20. The molecular weight excluding hydrogens is 1220 g/mol. The van der Waals surface area contributed by atoms with Crippen molar-refractivity contribution in [2.45, 2.75) is 343 Å². The first-order valence-electron chi connectivity index (χ1n) is 40.7. The lowest BCUT2D eigenvalue weighted by Gasteiger charge is -2.24. The lowest BCUT2D eigenvalue weighted by Crippen LogP contribution is -2.33. The molecule has 0 heterocycles. The quantitative estimate of drug-likeness (QED) is 0.0253. The van der Waals surface area contributed by atoms with Gasteiger partial charge in [0.1, 0.15) is 12.2 Å². The molecule has 0 spiro atoms. The molecule has 0 N–H and O–H groups in total. The third-order valence-corrected chi connectivity index (χ3v) is 17.5. The van der Waals surface area contributed by atoms with Gasteiger partial charge in [0.15, 0.2) is 0 Å². The summed E-state index contributed by atoms with van der Waals surface area (Å²) in [4.78, 5) is 56.0. The maximum atomic E-state index is 12.9. The van der Waals surface area contributed by atoms with Gasteiger partial charge in [-0.3, -0.25) is 19.2 Å². The van der Waals surface area contributed by atoms with E-state index in [1.807, 2.05) is 0 Å². The lowest BCUT2D eigenvalue weighted by atomic mass is 10.1. The Morgan fingerprint density at radius 1 is 0.273 bits per heavy atom. The van der Waals surface area contributed by atoms with E-state index in [9.17, 15) is 19.2 Å². The van der Waals surface area contributed by atoms with E-state index in [1.54, 1.807) is 0 Å². The van der Waals surface area contributed by atoms with Crippen molar-refractivity contribution >= 4 is 23.9 Å². The van der Waals surface area contributed by atoms with E-state index in [0.717, 1.165) is 225 Å². The highest BCUT2D eigenvalue weighted by atomic mass is 16.6. The van der Waals surface area contributed by atoms with Crippen LogP contribution >= 0.6 is 0 Å². The topological polar surface area (TPSA) is 112 Å². The summed E-state index contributed by atoms with van der Waals surface area (Å²) in [6, 6.07) is 0. The van der Waals surface area contributed by atoms with Crippen molar-refractivity contribution < 1.29 is 38.1 Å². The number of rotatable bonds is 72. The molecule has 99 heavy (non-hydrogen) atoms. The minimum absolute atomic E-state index is 0.0406. The number of hydrogen-bond donors (Lipinski definition) is 0. The van der Waals surface area contributed by atoms with Gasteiger partial charge in [0.2, 0.25) is 0 Å². The number of carbonyl (C=O) groups is 4. The molecule has 0 aliphatic heterocycles. The zero-order valence-electron chi connectivity index (χ0n) is 64.6. The van der Waals surface area contributed by atoms with Crippen LogP contribution in [0.3, 0.4) is 0 Å². The number of nitrogens with zero attached hydrogens (tertiary/aromatic N) is 2. The van der Waals surface area contributed by atoms with Crippen molar-refractivity contribution in [1.82, 2.24) is 9.80 Å². The van der Waals surface area contributed by atoms with E-state index >= 15 is 0 Å². The maximum absolute atomic E-state index is 12.9. The average molecular weight is 1380 g/mol. The minimum Gasteiger partial charge on any atom is -0.466 e. The predicted molar refractivity (Wildman–Crippen MR) is 426 cm³/mol. The molecule has 0 fully saturated rings. The van der Waals surface area contributed by atoms with Gasteiger partial charge < -0.3 is 28.7 Å². The number of allylic oxidation sites excluding steroid dienone is 22. The second-order valence-corrected chi connectivity index (χ2v) is 26.5. The first-order valence-corrected chi connectivity index (χ1v) is 40.7. The second kappa shape index (κ2) is 78.4. The molecule has 2 unspecified atom stereocenters. The molecule has 0 aromatic rings. The molecule has 10 nitrogen and oxygen atoms in total. The van der Waals surface area contributed by atoms with Gasteiger partial charge in [0.25, 0.3) is 0 Å². The van der Waals surface area contributed by atoms with Crippen LogP contribution in [0.1, 0.15) is 330 Å². The molecule has 0 amide bonds. The largest absolute Gasteiger partial charge is 0.466 e. The molecule has 0 aromatic carbocycles. The van der Waals surface area contributed by atoms with Crippen molar-refractivity contribution in [2.75, 3.05) is 52.5 Å². The van der Waals surface area contributed by atoms with E-state index in [1.165, 1.54) is 64.2 Å². The average Bonchev–Trinajstić information content (AvgIpc) is 3.05. The van der Waals surface area contributed by atoms with E-state index in [2.05, 4.69) is 197 Å². The van der Waals surface area contributed by atoms with Crippen LogP contribution in [-0.4, -0.2) is 98.4 Å². The highest BCUT2D eigenvalue weighted by Gasteiger charge is 2.16. The third kappa shape index (κ3) is 72.3. The Kier molecular flexibility index (Phi) is 74.2. The van der Waals surface area contributed by atoms with Gasteiger partial charge in [-0.1, -0.05) is 277 Å². The van der Waals surface area contributed by atoms with Crippen molar-refractivity contribution in [2.24, 2.45) is 0 Å². The second-order valence-electron chi connectivity index (χ2n) is 26.5. The fraction of sp³-hybridized carbons (Fsp3) is 0.685. The summed E-state index contributed by atoms with van der Waals surface area (Å²) in [5.41, 5.74) is 0. The number of esters is 4. The van der Waals surface area contributed by atoms with Crippen LogP contribution in [0.4, 0.5) is 0 Å². The Morgan fingerprint density at radius 2 is 0.576 bits per heavy atom. The van der Waals surface area contributed by atoms with E-state index in [0.29, 0.717) is 52.0 Å². The van der Waals surface area contributed by atoms with Gasteiger partial charge in [-0.25, -0.2) is 0 Å². The van der Waals surface area contributed by atoms with Crippen molar-refractivity contribution in [3.8, 4) is 0 Å². The Morgan fingerprint density at radius 3 is 0.929 bits per heavy atom. The molecule has 0 rings (SSSR count). The van der Waals surface area contributed by atoms with E-state index in [4.69, 9.17) is 18.9 Å². The standard InChI is InChI=1S/C89H150N2O8/c1-7-13-17-21-23-25-27-29-31-33-35-37-39-45-51-57-65-74-88(94)98-84(70-61-19-15-9-3)72-63-55-49-43-41-47-53-59-67-82-96-86(92)76-80-91(79-69-78-90(11-5)12-6)81-77-87(93)97-83-68-60-54-48-42-44-50-56-64-73-85(71-62-20-16-10-4)99-89(95)75-66-58-52-46-40-38-36-34-32-30-28-26-24-22-18-14-8-2/h13-14,17-18,23-26,29-32,35-38,45-46,51-52,55-56,63-64,84-85H,7-12,15-16,19-22,27-28,33-34,39-44,47-50,53-54,57-62,65-83H2,1-6H3/b17-13-,18-14-,25-23-,26-24-,31-29-,32-30-,37-35-,38-36-,51-45-,52-46-,63-55-,64-56-. The van der Waals surface area contributed by atoms with Gasteiger partial charge in [0.05, 0.1) is 26.1 Å². The third-order valence-electron chi connectivity index (χ3n) is 17.5. The molecule has 564 valence electrons. The van der Waals surface area contributed by atoms with Crippen LogP contribution in [0.2, 0.25) is 0 Å². The molecule has 0 aliphatic carbocycles. The number of carbonyl (C=O) groups excluding carboxylic acids is 4. The Hall–Kier alpha value is -5.32. The van der Waals surface area contributed by atoms with Crippen LogP contribution in [0.25, 0.3) is 0 Å². The van der Waals surface area contributed by atoms with E-state index < -0.39 is 0 Å². The first-order chi connectivity index (χ1) is 48.7. The predicted octanol–water partition coefficient (Wildman–Crippen LogP) is 24.8. The van der Waals surface area contributed by atoms with E-state index in [-0.39, 0.29) is 36.1 Å². The van der Waals surface area contributed by atoms with Crippen LogP contribution in [0, 0.1) is 0 Å². The van der Waals surface area contributed by atoms with Crippen LogP contribution in [0.15, 0.2) is 146 Å². The zero-order valence-corrected chi connectivity index (χ0v) is 64.6. The van der Waals surface area contributed by atoms with Crippen LogP contribution < -0.4 is 0 Å². The summed E-state index contributed by atoms with van der Waals surface area (Å²) >= 11 is 0. The molecule has 0 aromatic heterocycles. The van der Waals surface area contributed by atoms with Gasteiger partial charge in [-0.15, -0.1) is 0 Å². The summed E-state index contributed by atoms with van der Waals surface area (Å²) in [6.45, 7) is 19.0. The maximum Gasteiger partial charge on any atom is 0.307 e. The van der Waals surface area contributed by atoms with Gasteiger partial charge in [0, 0.05) is 38.8 Å². The van der Waals surface area contributed by atoms with Crippen molar-refractivity contribution in [1.29, 1.82) is 0 Å². The highest BCUT2D eigenvalue weighted by Crippen LogP contribution is 2.18. The SMILES string of the molecule is CC/C=C\C/C=C\C/C=C\C/C=C\C/C=C\CCCC(=O)OC(C/C=C\CCCCCCCCOC(=O)CCN(CCCN(CC)CC)CCC(=O)OCCCCCCCC/C=C\CC(CCCCCC)OC(=O)CCC/C=C\C/C=C\C/C=C\C/C=C\C/C=C\CC)CCCCCC. The Labute approximate surface area is 609 Å². The fourth-order valence-electron chi connectivity index (χ4n) is 11.3. The van der Waals surface area contributed by atoms with Crippen LogP contribution in [-0.2, 0) is 38.1 Å². The molecule has 0 radical (unpaired) electrons. The number of hydrogen-bond acceptors (Lipinski definition) is 10. The minimum atomic E-state index is -0.165. The monoisotopic (exact) mass is 1380 g/mol. The smallest absolute Gasteiger partial charge is 0.307 e. The van der Waals surface area contributed by atoms with Crippen LogP contribution in [0.5, 0.6) is 0 Å². The molecule has 0 saturated carbocycles. The summed E-state index contributed by atoms with van der Waals surface area (Å²) in [5.74, 6) is -0.473. The Balaban J connectivity index is 4.44. The summed E-state index contributed by atoms with van der Waals surface area (Å²) < 4.78 is 23.3. The summed E-state index contributed by atoms with van der Waals surface area (Å²) in [5, 5.41) is 0. The summed E-state index contributed by atoms with van der Waals surface area (Å²) in [7, 11) is 0. The molecular formula is C89H150N2O8. The molecule has 0 bridgehead atoms. The van der Waals surface area contributed by atoms with Crippen molar-refractivity contribution in [3.05, 3.63) is 146 Å². The first kappa shape index (κ1) is 93.7. The normalized spacial score (nSPS) is 13.3. The van der Waals surface area contributed by atoms with Gasteiger partial charge >= 0.3 is 23.9 Å². The summed E-state index contributed by atoms with van der Waals surface area (Å²) in [6.07, 6.45) is 97.0. The van der Waals surface area contributed by atoms with Gasteiger partial charge in [-0.05, 0) is 187 Å².